The Morgan fingerprint density at radius 1 is 1.05 bits per heavy atom. The molecule has 1 aliphatic heterocycles. The van der Waals surface area contributed by atoms with Crippen molar-refractivity contribution in [1.82, 2.24) is 30.1 Å². The van der Waals surface area contributed by atoms with E-state index in [-0.39, 0.29) is 11.6 Å². The number of pyridine rings is 1. The van der Waals surface area contributed by atoms with Crippen LogP contribution >= 0.6 is 0 Å². The zero-order chi connectivity index (χ0) is 26.1. The first-order valence-electron chi connectivity index (χ1n) is 13.8. The standard InChI is InChI=1S/C30H36N6O2/c1-21-8-6-9-23-18-25(29(37)31-26(21)23)27(35-17-7-16-30(20-35)14-4-3-5-15-30)28-32-33-34-36(28)19-22-10-12-24(38-2)13-11-22/h6,8-13,18,27H,3-5,7,14-17,19-20H2,1-2H3,(H,31,37)/t27-/m0/s1. The quantitative estimate of drug-likeness (QED) is 0.390. The van der Waals surface area contributed by atoms with Crippen molar-refractivity contribution in [3.05, 3.63) is 81.4 Å². The van der Waals surface area contributed by atoms with Gasteiger partial charge in [0.2, 0.25) is 0 Å². The van der Waals surface area contributed by atoms with Gasteiger partial charge in [0.25, 0.3) is 5.56 Å². The van der Waals surface area contributed by atoms with E-state index in [1.807, 2.05) is 48.0 Å². The number of hydrogen-bond acceptors (Lipinski definition) is 6. The van der Waals surface area contributed by atoms with Gasteiger partial charge in [-0.3, -0.25) is 9.69 Å². The molecule has 198 valence electrons. The summed E-state index contributed by atoms with van der Waals surface area (Å²) in [6.45, 7) is 4.44. The second kappa shape index (κ2) is 10.3. The van der Waals surface area contributed by atoms with Crippen LogP contribution in [0.4, 0.5) is 0 Å². The maximum atomic E-state index is 13.7. The number of fused-ring (bicyclic) bond motifs is 1. The highest BCUT2D eigenvalue weighted by Gasteiger charge is 2.41. The molecule has 6 rings (SSSR count). The average molecular weight is 513 g/mol. The Morgan fingerprint density at radius 3 is 2.63 bits per heavy atom. The van der Waals surface area contributed by atoms with Crippen LogP contribution in [0.1, 0.15) is 73.5 Å². The molecule has 0 radical (unpaired) electrons. The van der Waals surface area contributed by atoms with Crippen LogP contribution < -0.4 is 10.3 Å². The molecular weight excluding hydrogens is 476 g/mol. The van der Waals surface area contributed by atoms with Crippen molar-refractivity contribution >= 4 is 10.9 Å². The van der Waals surface area contributed by atoms with Gasteiger partial charge in [-0.2, -0.15) is 0 Å². The number of rotatable bonds is 6. The maximum absolute atomic E-state index is 13.7. The van der Waals surface area contributed by atoms with Crippen molar-refractivity contribution in [3.8, 4) is 5.75 Å². The van der Waals surface area contributed by atoms with Crippen molar-refractivity contribution in [3.63, 3.8) is 0 Å². The predicted octanol–water partition coefficient (Wildman–Crippen LogP) is 5.02. The van der Waals surface area contributed by atoms with Gasteiger partial charge in [0.15, 0.2) is 5.82 Å². The molecule has 4 aromatic rings. The molecule has 2 aliphatic rings. The van der Waals surface area contributed by atoms with Crippen molar-refractivity contribution in [2.24, 2.45) is 5.41 Å². The number of hydrogen-bond donors (Lipinski definition) is 1. The molecule has 0 bridgehead atoms. The lowest BCUT2D eigenvalue weighted by molar-refractivity contribution is 0.0340. The van der Waals surface area contributed by atoms with Crippen LogP contribution in [0.2, 0.25) is 0 Å². The predicted molar refractivity (Wildman–Crippen MR) is 147 cm³/mol. The summed E-state index contributed by atoms with van der Waals surface area (Å²) < 4.78 is 7.18. The zero-order valence-corrected chi connectivity index (χ0v) is 22.3. The number of aromatic nitrogens is 5. The number of aryl methyl sites for hydroxylation is 1. The van der Waals surface area contributed by atoms with E-state index in [2.05, 4.69) is 37.5 Å². The number of ether oxygens (including phenoxy) is 1. The van der Waals surface area contributed by atoms with Gasteiger partial charge in [0, 0.05) is 12.1 Å². The fourth-order valence-electron chi connectivity index (χ4n) is 6.70. The minimum atomic E-state index is -0.323. The Bertz CT molecular complexity index is 1460. The first kappa shape index (κ1) is 24.8. The SMILES string of the molecule is COc1ccc(Cn2nnnc2[C@H](c2cc3cccc(C)c3[nH]c2=O)N2CCCC3(CCCCC3)C2)cc1. The second-order valence-corrected chi connectivity index (χ2v) is 11.2. The highest BCUT2D eigenvalue weighted by molar-refractivity contribution is 5.82. The zero-order valence-electron chi connectivity index (χ0n) is 22.3. The lowest BCUT2D eigenvalue weighted by Gasteiger charge is -2.47. The van der Waals surface area contributed by atoms with Gasteiger partial charge in [-0.15, -0.1) is 5.10 Å². The Morgan fingerprint density at radius 2 is 1.84 bits per heavy atom. The fraction of sp³-hybridized carbons (Fsp3) is 0.467. The molecule has 1 saturated carbocycles. The number of piperidine rings is 1. The van der Waals surface area contributed by atoms with Crippen molar-refractivity contribution < 1.29 is 4.74 Å². The molecule has 0 unspecified atom stereocenters. The molecule has 3 heterocycles. The molecule has 38 heavy (non-hydrogen) atoms. The van der Waals surface area contributed by atoms with Crippen LogP contribution in [0.15, 0.2) is 53.3 Å². The Hall–Kier alpha value is -3.52. The van der Waals surface area contributed by atoms with Crippen LogP contribution in [-0.2, 0) is 6.54 Å². The monoisotopic (exact) mass is 512 g/mol. The van der Waals surface area contributed by atoms with E-state index in [0.29, 0.717) is 23.3 Å². The van der Waals surface area contributed by atoms with E-state index < -0.39 is 0 Å². The number of methoxy groups -OCH3 is 1. The van der Waals surface area contributed by atoms with Crippen molar-refractivity contribution in [2.75, 3.05) is 20.2 Å². The molecule has 1 spiro atoms. The van der Waals surface area contributed by atoms with E-state index in [9.17, 15) is 4.79 Å². The number of nitrogens with one attached hydrogen (secondary N) is 1. The second-order valence-electron chi connectivity index (χ2n) is 11.2. The van der Waals surface area contributed by atoms with Crippen molar-refractivity contribution in [1.29, 1.82) is 0 Å². The summed E-state index contributed by atoms with van der Waals surface area (Å²) in [4.78, 5) is 19.4. The van der Waals surface area contributed by atoms with Crippen LogP contribution in [0.25, 0.3) is 10.9 Å². The van der Waals surface area contributed by atoms with E-state index in [0.717, 1.165) is 47.3 Å². The molecule has 8 heteroatoms. The van der Waals surface area contributed by atoms with Gasteiger partial charge < -0.3 is 9.72 Å². The number of nitrogens with zero attached hydrogens (tertiary/aromatic N) is 5. The number of H-pyrrole nitrogens is 1. The van der Waals surface area contributed by atoms with Crippen LogP contribution in [0.5, 0.6) is 5.75 Å². The van der Waals surface area contributed by atoms with E-state index in [1.165, 1.54) is 38.5 Å². The molecule has 1 saturated heterocycles. The van der Waals surface area contributed by atoms with Gasteiger partial charge in [-0.05, 0) is 89.7 Å². The van der Waals surface area contributed by atoms with Crippen LogP contribution in [-0.4, -0.2) is 50.3 Å². The Labute approximate surface area is 223 Å². The molecule has 1 N–H and O–H groups in total. The number of tetrazole rings is 1. The Balaban J connectivity index is 1.44. The topological polar surface area (TPSA) is 88.9 Å². The summed E-state index contributed by atoms with van der Waals surface area (Å²) in [5.41, 5.74) is 3.99. The lowest BCUT2D eigenvalue weighted by Crippen LogP contribution is -2.47. The fourth-order valence-corrected chi connectivity index (χ4v) is 6.70. The van der Waals surface area contributed by atoms with E-state index in [4.69, 9.17) is 4.74 Å². The molecule has 2 aromatic heterocycles. The van der Waals surface area contributed by atoms with Gasteiger partial charge in [0.1, 0.15) is 11.8 Å². The van der Waals surface area contributed by atoms with Gasteiger partial charge in [-0.1, -0.05) is 49.6 Å². The van der Waals surface area contributed by atoms with Crippen molar-refractivity contribution in [2.45, 2.75) is 64.5 Å². The third kappa shape index (κ3) is 4.73. The summed E-state index contributed by atoms with van der Waals surface area (Å²) in [5, 5.41) is 14.1. The third-order valence-corrected chi connectivity index (χ3v) is 8.68. The van der Waals surface area contributed by atoms with Crippen LogP contribution in [0.3, 0.4) is 0 Å². The number of likely N-dealkylation sites (tertiary alicyclic amines) is 1. The van der Waals surface area contributed by atoms with E-state index >= 15 is 0 Å². The van der Waals surface area contributed by atoms with E-state index in [1.54, 1.807) is 7.11 Å². The lowest BCUT2D eigenvalue weighted by atomic mass is 9.69. The molecule has 1 aliphatic carbocycles. The molecule has 0 amide bonds. The molecule has 2 aromatic carbocycles. The maximum Gasteiger partial charge on any atom is 0.253 e. The minimum Gasteiger partial charge on any atom is -0.497 e. The normalized spacial score (nSPS) is 18.6. The molecule has 8 nitrogen and oxygen atoms in total. The van der Waals surface area contributed by atoms with Gasteiger partial charge in [0.05, 0.1) is 19.2 Å². The first-order valence-corrected chi connectivity index (χ1v) is 13.8. The highest BCUT2D eigenvalue weighted by atomic mass is 16.5. The smallest absolute Gasteiger partial charge is 0.253 e. The minimum absolute atomic E-state index is 0.0703. The molecular formula is C30H36N6O2. The summed E-state index contributed by atoms with van der Waals surface area (Å²) in [7, 11) is 1.67. The summed E-state index contributed by atoms with van der Waals surface area (Å²) in [6, 6.07) is 15.8. The number of para-hydroxylation sites is 1. The molecule has 1 atom stereocenters. The Kier molecular flexibility index (Phi) is 6.74. The summed E-state index contributed by atoms with van der Waals surface area (Å²) in [5.74, 6) is 1.53. The molecule has 2 fully saturated rings. The number of benzene rings is 2. The van der Waals surface area contributed by atoms with Crippen LogP contribution in [0, 0.1) is 12.3 Å². The summed E-state index contributed by atoms with van der Waals surface area (Å²) in [6.07, 6.45) is 8.84. The largest absolute Gasteiger partial charge is 0.497 e. The van der Waals surface area contributed by atoms with Gasteiger partial charge in [-0.25, -0.2) is 4.68 Å². The third-order valence-electron chi connectivity index (χ3n) is 8.68. The average Bonchev–Trinajstić information content (AvgIpc) is 3.38. The first-order chi connectivity index (χ1) is 18.5. The number of aromatic amines is 1. The highest BCUT2D eigenvalue weighted by Crippen LogP contribution is 2.45. The van der Waals surface area contributed by atoms with Gasteiger partial charge >= 0.3 is 0 Å². The summed E-state index contributed by atoms with van der Waals surface area (Å²) >= 11 is 0.